The summed E-state index contributed by atoms with van der Waals surface area (Å²) in [4.78, 5) is 28.2. The van der Waals surface area contributed by atoms with Gasteiger partial charge in [-0.3, -0.25) is 9.59 Å². The van der Waals surface area contributed by atoms with Crippen LogP contribution in [0.3, 0.4) is 0 Å². The number of amides is 2. The van der Waals surface area contributed by atoms with Gasteiger partial charge >= 0.3 is 0 Å². The molecule has 4 nitrogen and oxygen atoms in total. The van der Waals surface area contributed by atoms with Crippen molar-refractivity contribution < 1.29 is 9.59 Å². The Labute approximate surface area is 176 Å². The van der Waals surface area contributed by atoms with E-state index >= 15 is 0 Å². The zero-order valence-electron chi connectivity index (χ0n) is 16.4. The second kappa shape index (κ2) is 11.8. The highest BCUT2D eigenvalue weighted by atomic mass is 35.5. The molecule has 150 valence electrons. The third-order valence-corrected chi connectivity index (χ3v) is 5.62. The van der Waals surface area contributed by atoms with Gasteiger partial charge in [0.1, 0.15) is 6.04 Å². The van der Waals surface area contributed by atoms with Gasteiger partial charge in [-0.1, -0.05) is 55.3 Å². The van der Waals surface area contributed by atoms with E-state index in [1.54, 1.807) is 24.0 Å². The van der Waals surface area contributed by atoms with Crippen LogP contribution in [-0.4, -0.2) is 35.1 Å². The summed E-state index contributed by atoms with van der Waals surface area (Å²) in [7, 11) is 0. The molecule has 0 saturated heterocycles. The number of unbranched alkanes of at least 4 members (excludes halogenated alkanes) is 1. The van der Waals surface area contributed by atoms with Gasteiger partial charge in [0.05, 0.1) is 5.75 Å². The number of hydrogen-bond donors (Lipinski definition) is 1. The van der Waals surface area contributed by atoms with Crippen molar-refractivity contribution in [3.63, 3.8) is 0 Å². The molecule has 0 spiro atoms. The molecular weight excluding hydrogens is 392 g/mol. The highest BCUT2D eigenvalue weighted by molar-refractivity contribution is 8.00. The van der Waals surface area contributed by atoms with E-state index in [0.29, 0.717) is 18.1 Å². The lowest BCUT2D eigenvalue weighted by Gasteiger charge is -2.28. The maximum Gasteiger partial charge on any atom is 0.242 e. The third kappa shape index (κ3) is 7.21. The maximum absolute atomic E-state index is 13.0. The lowest BCUT2D eigenvalue weighted by Crippen LogP contribution is -2.48. The summed E-state index contributed by atoms with van der Waals surface area (Å²) in [6.07, 6.45) is 1.93. The molecule has 0 aromatic heterocycles. The van der Waals surface area contributed by atoms with Crippen molar-refractivity contribution in [2.45, 2.75) is 44.2 Å². The predicted octanol–water partition coefficient (Wildman–Crippen LogP) is 4.77. The number of nitrogens with zero attached hydrogens (tertiary/aromatic N) is 1. The van der Waals surface area contributed by atoms with Gasteiger partial charge in [0, 0.05) is 23.0 Å². The minimum atomic E-state index is -0.545. The number of nitrogens with one attached hydrogen (secondary N) is 1. The smallest absolute Gasteiger partial charge is 0.242 e. The number of benzene rings is 2. The Balaban J connectivity index is 2.08. The minimum absolute atomic E-state index is 0.0676. The Kier molecular flexibility index (Phi) is 9.38. The lowest BCUT2D eigenvalue weighted by atomic mass is 10.1. The molecule has 28 heavy (non-hydrogen) atoms. The van der Waals surface area contributed by atoms with Gasteiger partial charge in [-0.25, -0.2) is 0 Å². The van der Waals surface area contributed by atoms with Crippen molar-refractivity contribution >= 4 is 35.2 Å². The van der Waals surface area contributed by atoms with Crippen molar-refractivity contribution in [1.29, 1.82) is 0 Å². The zero-order chi connectivity index (χ0) is 20.4. The topological polar surface area (TPSA) is 49.4 Å². The summed E-state index contributed by atoms with van der Waals surface area (Å²) >= 11 is 7.44. The van der Waals surface area contributed by atoms with Gasteiger partial charge in [-0.2, -0.15) is 0 Å². The van der Waals surface area contributed by atoms with Gasteiger partial charge in [0.25, 0.3) is 0 Å². The summed E-state index contributed by atoms with van der Waals surface area (Å²) in [6.45, 7) is 4.85. The summed E-state index contributed by atoms with van der Waals surface area (Å²) in [5.74, 6) is 0.0897. The highest BCUT2D eigenvalue weighted by Gasteiger charge is 2.25. The Morgan fingerprint density at radius 2 is 1.79 bits per heavy atom. The first-order chi connectivity index (χ1) is 13.5. The van der Waals surface area contributed by atoms with Gasteiger partial charge in [0.2, 0.25) is 11.8 Å². The van der Waals surface area contributed by atoms with Crippen LogP contribution in [0, 0.1) is 0 Å². The molecule has 2 rings (SSSR count). The molecule has 0 aliphatic heterocycles. The molecule has 0 radical (unpaired) electrons. The Morgan fingerprint density at radius 1 is 1.11 bits per heavy atom. The molecule has 0 aliphatic carbocycles. The van der Waals surface area contributed by atoms with Crippen LogP contribution in [0.5, 0.6) is 0 Å². The van der Waals surface area contributed by atoms with Crippen LogP contribution in [0.2, 0.25) is 5.02 Å². The van der Waals surface area contributed by atoms with E-state index in [1.807, 2.05) is 42.5 Å². The molecule has 1 atom stereocenters. The summed E-state index contributed by atoms with van der Waals surface area (Å²) in [5.41, 5.74) is 0.940. The van der Waals surface area contributed by atoms with E-state index in [2.05, 4.69) is 12.2 Å². The fourth-order valence-corrected chi connectivity index (χ4v) is 3.58. The number of carbonyl (C=O) groups excluding carboxylic acids is 2. The number of carbonyl (C=O) groups is 2. The molecule has 1 N–H and O–H groups in total. The first kappa shape index (κ1) is 22.3. The molecular formula is C22H27ClN2O2S. The molecule has 1 unspecified atom stereocenters. The highest BCUT2D eigenvalue weighted by Crippen LogP contribution is 2.20. The van der Waals surface area contributed by atoms with Crippen LogP contribution in [0.1, 0.15) is 32.3 Å². The van der Waals surface area contributed by atoms with Crippen molar-refractivity contribution in [2.75, 3.05) is 12.3 Å². The Morgan fingerprint density at radius 3 is 2.43 bits per heavy atom. The minimum Gasteiger partial charge on any atom is -0.354 e. The lowest BCUT2D eigenvalue weighted by molar-refractivity contribution is -0.138. The van der Waals surface area contributed by atoms with Crippen molar-refractivity contribution in [1.82, 2.24) is 10.2 Å². The number of hydrogen-bond acceptors (Lipinski definition) is 3. The Bertz CT molecular complexity index is 753. The van der Waals surface area contributed by atoms with Crippen LogP contribution in [-0.2, 0) is 16.1 Å². The van der Waals surface area contributed by atoms with Crippen molar-refractivity contribution in [3.8, 4) is 0 Å². The molecule has 0 bridgehead atoms. The SMILES string of the molecule is CCCCNC(=O)C(C)N(Cc1ccc(Cl)cc1)C(=O)CSc1ccccc1. The van der Waals surface area contributed by atoms with Gasteiger partial charge in [-0.15, -0.1) is 11.8 Å². The van der Waals surface area contributed by atoms with E-state index in [-0.39, 0.29) is 17.6 Å². The summed E-state index contributed by atoms with van der Waals surface area (Å²) in [5, 5.41) is 3.57. The van der Waals surface area contributed by atoms with E-state index in [0.717, 1.165) is 23.3 Å². The van der Waals surface area contributed by atoms with Gasteiger partial charge in [-0.05, 0) is 43.2 Å². The Hall–Kier alpha value is -1.98. The summed E-state index contributed by atoms with van der Waals surface area (Å²) in [6, 6.07) is 16.6. The van der Waals surface area contributed by atoms with E-state index in [9.17, 15) is 9.59 Å². The fourth-order valence-electron chi connectivity index (χ4n) is 2.65. The normalized spacial score (nSPS) is 11.7. The molecule has 2 aromatic rings. The first-order valence-corrected chi connectivity index (χ1v) is 10.9. The standard InChI is InChI=1S/C22H27ClN2O2S/c1-3-4-14-24-22(27)17(2)25(15-18-10-12-19(23)13-11-18)21(26)16-28-20-8-6-5-7-9-20/h5-13,17H,3-4,14-16H2,1-2H3,(H,24,27). The number of rotatable bonds is 10. The van der Waals surface area contributed by atoms with Crippen LogP contribution < -0.4 is 5.32 Å². The molecule has 0 aliphatic rings. The molecule has 6 heteroatoms. The molecule has 2 aromatic carbocycles. The molecule has 2 amide bonds. The molecule has 0 saturated carbocycles. The monoisotopic (exact) mass is 418 g/mol. The quantitative estimate of drug-likeness (QED) is 0.446. The third-order valence-electron chi connectivity index (χ3n) is 4.37. The van der Waals surface area contributed by atoms with E-state index < -0.39 is 6.04 Å². The van der Waals surface area contributed by atoms with Gasteiger partial charge < -0.3 is 10.2 Å². The second-order valence-corrected chi connectivity index (χ2v) is 8.06. The number of halogens is 1. The average Bonchev–Trinajstić information content (AvgIpc) is 2.72. The molecule has 0 heterocycles. The zero-order valence-corrected chi connectivity index (χ0v) is 17.9. The van der Waals surface area contributed by atoms with Crippen LogP contribution in [0.4, 0.5) is 0 Å². The van der Waals surface area contributed by atoms with Crippen LogP contribution >= 0.6 is 23.4 Å². The average molecular weight is 419 g/mol. The molecule has 0 fully saturated rings. The summed E-state index contributed by atoms with van der Waals surface area (Å²) < 4.78 is 0. The first-order valence-electron chi connectivity index (χ1n) is 9.50. The van der Waals surface area contributed by atoms with Crippen LogP contribution in [0.25, 0.3) is 0 Å². The van der Waals surface area contributed by atoms with Crippen molar-refractivity contribution in [2.24, 2.45) is 0 Å². The van der Waals surface area contributed by atoms with E-state index in [4.69, 9.17) is 11.6 Å². The fraction of sp³-hybridized carbons (Fsp3) is 0.364. The van der Waals surface area contributed by atoms with Gasteiger partial charge in [0.15, 0.2) is 0 Å². The van der Waals surface area contributed by atoms with Crippen LogP contribution in [0.15, 0.2) is 59.5 Å². The maximum atomic E-state index is 13.0. The number of thioether (sulfide) groups is 1. The van der Waals surface area contributed by atoms with Crippen molar-refractivity contribution in [3.05, 3.63) is 65.2 Å². The predicted molar refractivity (Wildman–Crippen MR) is 117 cm³/mol. The largest absolute Gasteiger partial charge is 0.354 e. The second-order valence-electron chi connectivity index (χ2n) is 6.57. The van der Waals surface area contributed by atoms with E-state index in [1.165, 1.54) is 11.8 Å².